The summed E-state index contributed by atoms with van der Waals surface area (Å²) < 4.78 is 5.78. The molecule has 0 aliphatic carbocycles. The highest BCUT2D eigenvalue weighted by atomic mass is 127. The molecule has 0 saturated heterocycles. The number of hydrogen-bond acceptors (Lipinski definition) is 4. The van der Waals surface area contributed by atoms with Gasteiger partial charge in [0.1, 0.15) is 0 Å². The minimum atomic E-state index is 0. The number of unbranched alkanes of at least 4 members (excludes halogenated alkanes) is 1. The Labute approximate surface area is 179 Å². The summed E-state index contributed by atoms with van der Waals surface area (Å²) in [5, 5.41) is 6.62. The minimum Gasteiger partial charge on any atom is -0.477 e. The Morgan fingerprint density at radius 3 is 2.67 bits per heavy atom. The van der Waals surface area contributed by atoms with Crippen molar-refractivity contribution < 1.29 is 4.74 Å². The average Bonchev–Trinajstić information content (AvgIpc) is 2.68. The second kappa shape index (κ2) is 14.2. The first-order valence-electron chi connectivity index (χ1n) is 9.32. The molecule has 0 unspecified atom stereocenters. The van der Waals surface area contributed by atoms with Crippen LogP contribution in [0.15, 0.2) is 47.7 Å². The van der Waals surface area contributed by atoms with Gasteiger partial charge < -0.3 is 15.4 Å². The van der Waals surface area contributed by atoms with Crippen molar-refractivity contribution in [3.63, 3.8) is 0 Å². The Balaban J connectivity index is 0.00000364. The van der Waals surface area contributed by atoms with Crippen molar-refractivity contribution in [2.75, 3.05) is 19.7 Å². The van der Waals surface area contributed by atoms with Crippen LogP contribution in [0.25, 0.3) is 0 Å². The Morgan fingerprint density at radius 2 is 1.93 bits per heavy atom. The number of nitrogens with one attached hydrogen (secondary N) is 2. The SMILES string of the molecule is CCCCOc1ncccc1CN=C(NCC)NCCc1ccccn1.I. The summed E-state index contributed by atoms with van der Waals surface area (Å²) in [5.74, 6) is 1.46. The third-order valence-corrected chi connectivity index (χ3v) is 3.74. The zero-order valence-electron chi connectivity index (χ0n) is 16.1. The van der Waals surface area contributed by atoms with Crippen molar-refractivity contribution in [3.05, 3.63) is 54.0 Å². The number of guanidine groups is 1. The molecule has 0 amide bonds. The van der Waals surface area contributed by atoms with Gasteiger partial charge in [-0.25, -0.2) is 9.98 Å². The molecule has 0 aliphatic rings. The lowest BCUT2D eigenvalue weighted by Crippen LogP contribution is -2.38. The van der Waals surface area contributed by atoms with Gasteiger partial charge in [-0.2, -0.15) is 0 Å². The van der Waals surface area contributed by atoms with Crippen LogP contribution in [0.2, 0.25) is 0 Å². The molecule has 0 spiro atoms. The van der Waals surface area contributed by atoms with Crippen LogP contribution < -0.4 is 15.4 Å². The molecule has 148 valence electrons. The zero-order valence-corrected chi connectivity index (χ0v) is 18.5. The lowest BCUT2D eigenvalue weighted by atomic mass is 10.2. The van der Waals surface area contributed by atoms with Crippen LogP contribution >= 0.6 is 24.0 Å². The fourth-order valence-corrected chi connectivity index (χ4v) is 2.35. The van der Waals surface area contributed by atoms with Crippen molar-refractivity contribution in [1.82, 2.24) is 20.6 Å². The second-order valence-corrected chi connectivity index (χ2v) is 5.86. The van der Waals surface area contributed by atoms with Crippen LogP contribution in [-0.4, -0.2) is 35.6 Å². The highest BCUT2D eigenvalue weighted by Gasteiger charge is 2.05. The molecule has 2 heterocycles. The van der Waals surface area contributed by atoms with E-state index in [4.69, 9.17) is 4.74 Å². The van der Waals surface area contributed by atoms with E-state index in [9.17, 15) is 0 Å². The van der Waals surface area contributed by atoms with E-state index in [1.165, 1.54) is 0 Å². The van der Waals surface area contributed by atoms with E-state index in [1.807, 2.05) is 36.5 Å². The molecule has 0 atom stereocenters. The maximum atomic E-state index is 5.78. The minimum absolute atomic E-state index is 0. The number of hydrogen-bond donors (Lipinski definition) is 2. The lowest BCUT2D eigenvalue weighted by molar-refractivity contribution is 0.294. The van der Waals surface area contributed by atoms with Crippen LogP contribution in [0.1, 0.15) is 37.9 Å². The number of rotatable bonds is 10. The van der Waals surface area contributed by atoms with Crippen molar-refractivity contribution in [2.45, 2.75) is 39.7 Å². The van der Waals surface area contributed by atoms with E-state index >= 15 is 0 Å². The Hall–Kier alpha value is -1.90. The molecule has 0 saturated carbocycles. The van der Waals surface area contributed by atoms with Gasteiger partial charge >= 0.3 is 0 Å². The smallest absolute Gasteiger partial charge is 0.218 e. The van der Waals surface area contributed by atoms with Crippen LogP contribution in [0.5, 0.6) is 5.88 Å². The van der Waals surface area contributed by atoms with Gasteiger partial charge in [-0.1, -0.05) is 25.5 Å². The molecule has 6 nitrogen and oxygen atoms in total. The van der Waals surface area contributed by atoms with Crippen LogP contribution in [0.3, 0.4) is 0 Å². The summed E-state index contributed by atoms with van der Waals surface area (Å²) in [5.41, 5.74) is 2.06. The Kier molecular flexibility index (Phi) is 12.2. The van der Waals surface area contributed by atoms with Crippen molar-refractivity contribution in [2.24, 2.45) is 4.99 Å². The molecule has 27 heavy (non-hydrogen) atoms. The molecule has 0 bridgehead atoms. The molecular weight excluding hydrogens is 453 g/mol. The topological polar surface area (TPSA) is 71.4 Å². The van der Waals surface area contributed by atoms with E-state index in [0.717, 1.165) is 49.6 Å². The molecule has 0 radical (unpaired) electrons. The van der Waals surface area contributed by atoms with Crippen molar-refractivity contribution in [3.8, 4) is 5.88 Å². The largest absolute Gasteiger partial charge is 0.477 e. The number of aliphatic imine (C=N–C) groups is 1. The first-order valence-corrected chi connectivity index (χ1v) is 9.32. The van der Waals surface area contributed by atoms with E-state index in [2.05, 4.69) is 39.4 Å². The van der Waals surface area contributed by atoms with Crippen LogP contribution in [0, 0.1) is 0 Å². The van der Waals surface area contributed by atoms with Gasteiger partial charge in [-0.15, -0.1) is 24.0 Å². The van der Waals surface area contributed by atoms with Crippen molar-refractivity contribution >= 4 is 29.9 Å². The quantitative estimate of drug-likeness (QED) is 0.234. The molecule has 0 fully saturated rings. The number of ether oxygens (including phenoxy) is 1. The summed E-state index contributed by atoms with van der Waals surface area (Å²) in [6.45, 7) is 6.99. The molecular formula is C20H30IN5O. The van der Waals surface area contributed by atoms with E-state index in [1.54, 1.807) is 6.20 Å². The Morgan fingerprint density at radius 1 is 1.07 bits per heavy atom. The fourth-order valence-electron chi connectivity index (χ4n) is 2.35. The maximum absolute atomic E-state index is 5.78. The average molecular weight is 483 g/mol. The maximum Gasteiger partial charge on any atom is 0.218 e. The van der Waals surface area contributed by atoms with Gasteiger partial charge in [0.2, 0.25) is 5.88 Å². The monoisotopic (exact) mass is 483 g/mol. The standard InChI is InChI=1S/C20H29N5O.HI/c1-3-5-15-26-19-17(9-8-13-23-19)16-25-20(21-4-2)24-14-11-18-10-6-7-12-22-18;/h6-10,12-13H,3-5,11,14-16H2,1-2H3,(H2,21,24,25);1H. The number of nitrogens with zero attached hydrogens (tertiary/aromatic N) is 3. The third-order valence-electron chi connectivity index (χ3n) is 3.74. The number of pyridine rings is 2. The van der Waals surface area contributed by atoms with Gasteiger partial charge in [-0.3, -0.25) is 4.98 Å². The molecule has 2 aromatic heterocycles. The molecule has 2 rings (SSSR count). The fraction of sp³-hybridized carbons (Fsp3) is 0.450. The Bertz CT molecular complexity index is 666. The molecule has 0 aromatic carbocycles. The van der Waals surface area contributed by atoms with Crippen LogP contribution in [0.4, 0.5) is 0 Å². The van der Waals surface area contributed by atoms with Gasteiger partial charge in [0.15, 0.2) is 5.96 Å². The van der Waals surface area contributed by atoms with E-state index in [-0.39, 0.29) is 24.0 Å². The van der Waals surface area contributed by atoms with Gasteiger partial charge in [-0.05, 0) is 31.5 Å². The predicted octanol–water partition coefficient (Wildman–Crippen LogP) is 3.57. The number of aromatic nitrogens is 2. The normalized spacial score (nSPS) is 10.8. The molecule has 2 aromatic rings. The summed E-state index contributed by atoms with van der Waals surface area (Å²) in [6, 6.07) is 9.89. The zero-order chi connectivity index (χ0) is 18.5. The molecule has 2 N–H and O–H groups in total. The molecule has 7 heteroatoms. The van der Waals surface area contributed by atoms with Gasteiger partial charge in [0.25, 0.3) is 0 Å². The lowest BCUT2D eigenvalue weighted by Gasteiger charge is -2.12. The second-order valence-electron chi connectivity index (χ2n) is 5.86. The molecule has 0 aliphatic heterocycles. The number of halogens is 1. The van der Waals surface area contributed by atoms with E-state index in [0.29, 0.717) is 19.0 Å². The summed E-state index contributed by atoms with van der Waals surface area (Å²) >= 11 is 0. The highest BCUT2D eigenvalue weighted by Crippen LogP contribution is 2.15. The predicted molar refractivity (Wildman–Crippen MR) is 121 cm³/mol. The summed E-state index contributed by atoms with van der Waals surface area (Å²) in [6.07, 6.45) is 6.55. The first kappa shape index (κ1) is 23.1. The summed E-state index contributed by atoms with van der Waals surface area (Å²) in [7, 11) is 0. The third kappa shape index (κ3) is 9.03. The summed E-state index contributed by atoms with van der Waals surface area (Å²) in [4.78, 5) is 13.3. The van der Waals surface area contributed by atoms with Crippen molar-refractivity contribution in [1.29, 1.82) is 0 Å². The van der Waals surface area contributed by atoms with E-state index < -0.39 is 0 Å². The van der Waals surface area contributed by atoms with Gasteiger partial charge in [0, 0.05) is 43.2 Å². The highest BCUT2D eigenvalue weighted by molar-refractivity contribution is 14.0. The van der Waals surface area contributed by atoms with Crippen LogP contribution in [-0.2, 0) is 13.0 Å². The van der Waals surface area contributed by atoms with Gasteiger partial charge in [0.05, 0.1) is 13.2 Å². The first-order chi connectivity index (χ1) is 12.8.